The molecule has 2 saturated heterocycles. The largest absolute Gasteiger partial charge is 0.379 e. The molecule has 5 nitrogen and oxygen atoms in total. The fourth-order valence-corrected chi connectivity index (χ4v) is 3.21. The van der Waals surface area contributed by atoms with Gasteiger partial charge in [-0.1, -0.05) is 12.2 Å². The van der Waals surface area contributed by atoms with Gasteiger partial charge in [-0.05, 0) is 32.1 Å². The van der Waals surface area contributed by atoms with E-state index in [4.69, 9.17) is 17.0 Å². The van der Waals surface area contributed by atoms with E-state index in [0.717, 1.165) is 83.6 Å². The quantitative estimate of drug-likeness (QED) is 0.441. The Hall–Kier alpha value is -0.690. The summed E-state index contributed by atoms with van der Waals surface area (Å²) in [6, 6.07) is 0. The number of ether oxygens (including phenoxy) is 1. The normalized spacial score (nSPS) is 20.9. The van der Waals surface area contributed by atoms with Crippen LogP contribution in [0, 0.1) is 0 Å². The van der Waals surface area contributed by atoms with Crippen LogP contribution in [-0.2, 0) is 4.74 Å². The first-order chi connectivity index (χ1) is 10.6. The van der Waals surface area contributed by atoms with Gasteiger partial charge in [0.15, 0.2) is 5.11 Å². The van der Waals surface area contributed by atoms with E-state index < -0.39 is 0 Å². The van der Waals surface area contributed by atoms with E-state index in [1.165, 1.54) is 5.57 Å². The molecule has 0 atom stereocenters. The molecule has 0 aliphatic carbocycles. The summed E-state index contributed by atoms with van der Waals surface area (Å²) in [5.41, 5.74) is 1.23. The Labute approximate surface area is 140 Å². The molecule has 126 valence electrons. The first-order valence-corrected chi connectivity index (χ1v) is 8.75. The van der Waals surface area contributed by atoms with Crippen molar-refractivity contribution in [2.24, 2.45) is 0 Å². The molecule has 6 heteroatoms. The van der Waals surface area contributed by atoms with Gasteiger partial charge in [0.2, 0.25) is 0 Å². The van der Waals surface area contributed by atoms with E-state index in [-0.39, 0.29) is 0 Å². The molecule has 2 rings (SSSR count). The van der Waals surface area contributed by atoms with E-state index in [1.807, 2.05) is 0 Å². The van der Waals surface area contributed by atoms with Gasteiger partial charge < -0.3 is 15.0 Å². The van der Waals surface area contributed by atoms with Crippen molar-refractivity contribution in [1.82, 2.24) is 20.0 Å². The summed E-state index contributed by atoms with van der Waals surface area (Å²) in [5.74, 6) is 0. The molecule has 0 aromatic heterocycles. The molecule has 22 heavy (non-hydrogen) atoms. The zero-order chi connectivity index (χ0) is 15.8. The van der Waals surface area contributed by atoms with Crippen molar-refractivity contribution < 1.29 is 4.74 Å². The minimum Gasteiger partial charge on any atom is -0.379 e. The van der Waals surface area contributed by atoms with Gasteiger partial charge in [0, 0.05) is 52.4 Å². The zero-order valence-corrected chi connectivity index (χ0v) is 14.7. The van der Waals surface area contributed by atoms with Gasteiger partial charge in [-0.25, -0.2) is 0 Å². The molecule has 0 unspecified atom stereocenters. The molecule has 1 N–H and O–H groups in total. The maximum atomic E-state index is 5.52. The van der Waals surface area contributed by atoms with Crippen LogP contribution in [0.25, 0.3) is 0 Å². The van der Waals surface area contributed by atoms with Crippen LogP contribution in [0.15, 0.2) is 12.2 Å². The van der Waals surface area contributed by atoms with Crippen molar-refractivity contribution in [2.75, 3.05) is 72.1 Å². The Balaban J connectivity index is 1.55. The summed E-state index contributed by atoms with van der Waals surface area (Å²) in [6.45, 7) is 17.2. The van der Waals surface area contributed by atoms with Gasteiger partial charge in [0.1, 0.15) is 0 Å². The number of hydrogen-bond acceptors (Lipinski definition) is 4. The van der Waals surface area contributed by atoms with Crippen LogP contribution in [0.4, 0.5) is 0 Å². The average Bonchev–Trinajstić information content (AvgIpc) is 2.52. The minimum absolute atomic E-state index is 0.875. The van der Waals surface area contributed by atoms with Crippen molar-refractivity contribution in [3.05, 3.63) is 12.2 Å². The van der Waals surface area contributed by atoms with Gasteiger partial charge in [-0.2, -0.15) is 0 Å². The van der Waals surface area contributed by atoms with E-state index in [0.29, 0.717) is 0 Å². The molecule has 0 aromatic carbocycles. The van der Waals surface area contributed by atoms with E-state index in [2.05, 4.69) is 33.5 Å². The lowest BCUT2D eigenvalue weighted by atomic mass is 10.2. The predicted molar refractivity (Wildman–Crippen MR) is 95.3 cm³/mol. The van der Waals surface area contributed by atoms with Gasteiger partial charge in [0.05, 0.1) is 13.2 Å². The summed E-state index contributed by atoms with van der Waals surface area (Å²) in [5, 5.41) is 4.32. The highest BCUT2D eigenvalue weighted by Gasteiger charge is 2.18. The molecule has 2 aliphatic heterocycles. The Kier molecular flexibility index (Phi) is 7.59. The van der Waals surface area contributed by atoms with Crippen LogP contribution in [0.5, 0.6) is 0 Å². The Morgan fingerprint density at radius 2 is 1.77 bits per heavy atom. The van der Waals surface area contributed by atoms with Crippen LogP contribution in [0.2, 0.25) is 0 Å². The Morgan fingerprint density at radius 1 is 1.09 bits per heavy atom. The zero-order valence-electron chi connectivity index (χ0n) is 13.9. The summed E-state index contributed by atoms with van der Waals surface area (Å²) in [7, 11) is 0. The van der Waals surface area contributed by atoms with Crippen LogP contribution < -0.4 is 5.32 Å². The second-order valence-electron chi connectivity index (χ2n) is 6.26. The number of piperazine rings is 1. The first kappa shape index (κ1) is 17.7. The highest BCUT2D eigenvalue weighted by Crippen LogP contribution is 2.04. The number of thiocarbonyl (C=S) groups is 1. The first-order valence-electron chi connectivity index (χ1n) is 8.35. The van der Waals surface area contributed by atoms with Gasteiger partial charge in [0.25, 0.3) is 0 Å². The molecular weight excluding hydrogens is 296 g/mol. The predicted octanol–water partition coefficient (Wildman–Crippen LogP) is 0.777. The standard InChI is InChI=1S/C16H30N4OS/c1-15(2)14-19-6-8-20(9-7-19)16(22)17-4-3-5-18-10-12-21-13-11-18/h1,3-14H2,2H3,(H,17,22). The molecular formula is C16H30N4OS. The number of nitrogens with one attached hydrogen (secondary N) is 1. The maximum absolute atomic E-state index is 5.52. The third-order valence-electron chi connectivity index (χ3n) is 4.18. The Morgan fingerprint density at radius 3 is 2.41 bits per heavy atom. The van der Waals surface area contributed by atoms with Crippen molar-refractivity contribution >= 4 is 17.3 Å². The minimum atomic E-state index is 0.875. The molecule has 2 aliphatic rings. The SMILES string of the molecule is C=C(C)CN1CCN(C(=S)NCCCN2CCOCC2)CC1. The average molecular weight is 327 g/mol. The number of morpholine rings is 1. The van der Waals surface area contributed by atoms with E-state index >= 15 is 0 Å². The van der Waals surface area contributed by atoms with E-state index in [9.17, 15) is 0 Å². The molecule has 0 saturated carbocycles. The van der Waals surface area contributed by atoms with Crippen molar-refractivity contribution in [1.29, 1.82) is 0 Å². The van der Waals surface area contributed by atoms with Crippen LogP contribution in [0.3, 0.4) is 0 Å². The fraction of sp³-hybridized carbons (Fsp3) is 0.812. The van der Waals surface area contributed by atoms with Gasteiger partial charge in [-0.3, -0.25) is 9.80 Å². The van der Waals surface area contributed by atoms with Gasteiger partial charge >= 0.3 is 0 Å². The second kappa shape index (κ2) is 9.45. The van der Waals surface area contributed by atoms with Crippen molar-refractivity contribution in [2.45, 2.75) is 13.3 Å². The molecule has 0 radical (unpaired) electrons. The lowest BCUT2D eigenvalue weighted by Crippen LogP contribution is -2.52. The number of rotatable bonds is 6. The second-order valence-corrected chi connectivity index (χ2v) is 6.65. The molecule has 0 bridgehead atoms. The molecule has 2 fully saturated rings. The number of nitrogens with zero attached hydrogens (tertiary/aromatic N) is 3. The van der Waals surface area contributed by atoms with E-state index in [1.54, 1.807) is 0 Å². The fourth-order valence-electron chi connectivity index (χ4n) is 2.93. The third kappa shape index (κ3) is 6.20. The smallest absolute Gasteiger partial charge is 0.169 e. The molecule has 0 amide bonds. The summed E-state index contributed by atoms with van der Waals surface area (Å²) in [4.78, 5) is 7.20. The van der Waals surface area contributed by atoms with Crippen molar-refractivity contribution in [3.63, 3.8) is 0 Å². The highest BCUT2D eigenvalue weighted by molar-refractivity contribution is 7.80. The molecule has 2 heterocycles. The summed E-state index contributed by atoms with van der Waals surface area (Å²) < 4.78 is 5.36. The lowest BCUT2D eigenvalue weighted by molar-refractivity contribution is 0.0375. The molecule has 0 aromatic rings. The monoisotopic (exact) mass is 326 g/mol. The van der Waals surface area contributed by atoms with Gasteiger partial charge in [-0.15, -0.1) is 0 Å². The van der Waals surface area contributed by atoms with Crippen molar-refractivity contribution in [3.8, 4) is 0 Å². The summed E-state index contributed by atoms with van der Waals surface area (Å²) in [6.07, 6.45) is 1.13. The lowest BCUT2D eigenvalue weighted by Gasteiger charge is -2.36. The highest BCUT2D eigenvalue weighted by atomic mass is 32.1. The summed E-state index contributed by atoms with van der Waals surface area (Å²) >= 11 is 5.52. The maximum Gasteiger partial charge on any atom is 0.169 e. The number of hydrogen-bond donors (Lipinski definition) is 1. The Bertz CT molecular complexity index is 363. The third-order valence-corrected chi connectivity index (χ3v) is 4.59. The topological polar surface area (TPSA) is 31.0 Å². The van der Waals surface area contributed by atoms with Crippen LogP contribution in [-0.4, -0.2) is 91.9 Å². The van der Waals surface area contributed by atoms with Crippen LogP contribution in [0.1, 0.15) is 13.3 Å². The van der Waals surface area contributed by atoms with Crippen LogP contribution >= 0.6 is 12.2 Å². The molecule has 0 spiro atoms.